The summed E-state index contributed by atoms with van der Waals surface area (Å²) in [6, 6.07) is 22.4. The summed E-state index contributed by atoms with van der Waals surface area (Å²) >= 11 is 0. The Labute approximate surface area is 339 Å². The van der Waals surface area contributed by atoms with E-state index in [0.29, 0.717) is 43.3 Å². The van der Waals surface area contributed by atoms with Crippen molar-refractivity contribution in [1.82, 2.24) is 0 Å². The van der Waals surface area contributed by atoms with Crippen LogP contribution in [0.25, 0.3) is 12.2 Å². The third kappa shape index (κ3) is 23.6. The van der Waals surface area contributed by atoms with Crippen molar-refractivity contribution in [2.45, 2.75) is 79.6 Å². The molecule has 0 aromatic heterocycles. The number of ether oxygens (including phenoxy) is 6. The van der Waals surface area contributed by atoms with Gasteiger partial charge in [-0.1, -0.05) is 62.5 Å². The fourth-order valence-electron chi connectivity index (χ4n) is 4.57. The first kappa shape index (κ1) is 49.1. The van der Waals surface area contributed by atoms with E-state index >= 15 is 0 Å². The summed E-state index contributed by atoms with van der Waals surface area (Å²) in [5.74, 6) is 0.656. The van der Waals surface area contributed by atoms with Gasteiger partial charge in [0.1, 0.15) is 17.2 Å². The van der Waals surface area contributed by atoms with Crippen LogP contribution >= 0.6 is 0 Å². The van der Waals surface area contributed by atoms with Crippen LogP contribution in [0.15, 0.2) is 109 Å². The average Bonchev–Trinajstić information content (AvgIpc) is 3.19. The first-order valence-corrected chi connectivity index (χ1v) is 18.8. The van der Waals surface area contributed by atoms with Gasteiger partial charge in [0.25, 0.3) is 0 Å². The monoisotopic (exact) mass is 784 g/mol. The SMILES string of the molecule is C.C=C(C)C(=O)OCCCCCCOc1ccc(/C=C/C(=O)OC)cc1.C=C(C)C(=O)OCCCCCCOc1ccc(/C=C/C(=O)Oc2ccc(C)cc2)cc1. The predicted octanol–water partition coefficient (Wildman–Crippen LogP) is 10.2. The summed E-state index contributed by atoms with van der Waals surface area (Å²) in [7, 11) is 1.35. The van der Waals surface area contributed by atoms with Crippen molar-refractivity contribution < 1.29 is 47.6 Å². The predicted molar refractivity (Wildman–Crippen MR) is 226 cm³/mol. The van der Waals surface area contributed by atoms with Gasteiger partial charge in [-0.3, -0.25) is 0 Å². The van der Waals surface area contributed by atoms with Gasteiger partial charge in [-0.15, -0.1) is 0 Å². The number of hydrogen-bond acceptors (Lipinski definition) is 10. The molecule has 308 valence electrons. The van der Waals surface area contributed by atoms with Crippen molar-refractivity contribution in [3.8, 4) is 17.2 Å². The molecule has 0 N–H and O–H groups in total. The van der Waals surface area contributed by atoms with Crippen LogP contribution < -0.4 is 14.2 Å². The Balaban J connectivity index is 0.000000573. The van der Waals surface area contributed by atoms with Crippen LogP contribution in [0.1, 0.15) is 89.3 Å². The van der Waals surface area contributed by atoms with Gasteiger partial charge in [0.15, 0.2) is 0 Å². The molecule has 0 amide bonds. The summed E-state index contributed by atoms with van der Waals surface area (Å²) in [4.78, 5) is 45.4. The third-order valence-corrected chi connectivity index (χ3v) is 7.80. The number of carbonyl (C=O) groups excluding carboxylic acids is 4. The molecule has 3 aromatic rings. The maximum absolute atomic E-state index is 11.9. The lowest BCUT2D eigenvalue weighted by atomic mass is 10.2. The van der Waals surface area contributed by atoms with Gasteiger partial charge in [-0.25, -0.2) is 19.2 Å². The van der Waals surface area contributed by atoms with E-state index in [-0.39, 0.29) is 25.3 Å². The maximum Gasteiger partial charge on any atom is 0.336 e. The van der Waals surface area contributed by atoms with E-state index in [1.165, 1.54) is 19.3 Å². The highest BCUT2D eigenvalue weighted by Crippen LogP contribution is 2.16. The van der Waals surface area contributed by atoms with Crippen LogP contribution in [0.4, 0.5) is 0 Å². The number of hydrogen-bond donors (Lipinski definition) is 0. The largest absolute Gasteiger partial charge is 0.494 e. The second-order valence-electron chi connectivity index (χ2n) is 12.9. The second kappa shape index (κ2) is 29.4. The molecule has 3 aromatic carbocycles. The van der Waals surface area contributed by atoms with Crippen molar-refractivity contribution in [1.29, 1.82) is 0 Å². The first-order chi connectivity index (χ1) is 27.0. The summed E-state index contributed by atoms with van der Waals surface area (Å²) in [5, 5.41) is 0. The van der Waals surface area contributed by atoms with Gasteiger partial charge in [-0.2, -0.15) is 0 Å². The molecular weight excluding hydrogens is 725 g/mol. The van der Waals surface area contributed by atoms with Crippen LogP contribution in [0.2, 0.25) is 0 Å². The molecule has 0 heterocycles. The van der Waals surface area contributed by atoms with Crippen LogP contribution in [-0.2, 0) is 33.4 Å². The van der Waals surface area contributed by atoms with Crippen molar-refractivity contribution in [2.24, 2.45) is 0 Å². The van der Waals surface area contributed by atoms with Crippen molar-refractivity contribution in [3.05, 3.63) is 126 Å². The van der Waals surface area contributed by atoms with E-state index in [4.69, 9.17) is 23.7 Å². The Bertz CT molecular complexity index is 1720. The van der Waals surface area contributed by atoms with Crippen molar-refractivity contribution in [2.75, 3.05) is 33.5 Å². The normalized spacial score (nSPS) is 10.4. The molecule has 0 aliphatic rings. The minimum Gasteiger partial charge on any atom is -0.494 e. The molecule has 0 bridgehead atoms. The number of methoxy groups -OCH3 is 1. The van der Waals surface area contributed by atoms with Gasteiger partial charge >= 0.3 is 23.9 Å². The van der Waals surface area contributed by atoms with Gasteiger partial charge in [-0.05, 0) is 132 Å². The van der Waals surface area contributed by atoms with E-state index in [1.807, 2.05) is 67.6 Å². The Kier molecular flexibility index (Phi) is 25.3. The molecule has 0 aliphatic heterocycles. The highest BCUT2D eigenvalue weighted by molar-refractivity contribution is 5.89. The van der Waals surface area contributed by atoms with Crippen LogP contribution in [0.5, 0.6) is 17.2 Å². The molecule has 0 spiro atoms. The number of benzene rings is 3. The second-order valence-corrected chi connectivity index (χ2v) is 12.9. The Hall–Kier alpha value is -5.90. The zero-order valence-electron chi connectivity index (χ0n) is 33.2. The molecular formula is C47H60O10. The molecule has 3 rings (SSSR count). The molecule has 10 heteroatoms. The minimum absolute atomic E-state index is 0. The number of carbonyl (C=O) groups is 4. The van der Waals surface area contributed by atoms with E-state index < -0.39 is 5.97 Å². The lowest BCUT2D eigenvalue weighted by Crippen LogP contribution is -2.06. The Morgan fingerprint density at radius 1 is 0.526 bits per heavy atom. The molecule has 0 saturated carbocycles. The van der Waals surface area contributed by atoms with Crippen LogP contribution in [0.3, 0.4) is 0 Å². The number of esters is 4. The quantitative estimate of drug-likeness (QED) is 0.0302. The molecule has 10 nitrogen and oxygen atoms in total. The molecule has 57 heavy (non-hydrogen) atoms. The zero-order valence-corrected chi connectivity index (χ0v) is 33.2. The van der Waals surface area contributed by atoms with Gasteiger partial charge in [0.2, 0.25) is 0 Å². The van der Waals surface area contributed by atoms with Gasteiger partial charge < -0.3 is 28.4 Å². The summed E-state index contributed by atoms with van der Waals surface area (Å²) in [5.41, 5.74) is 3.76. The fourth-order valence-corrected chi connectivity index (χ4v) is 4.57. The van der Waals surface area contributed by atoms with E-state index in [2.05, 4.69) is 17.9 Å². The van der Waals surface area contributed by atoms with Crippen molar-refractivity contribution >= 4 is 36.0 Å². The first-order valence-electron chi connectivity index (χ1n) is 18.8. The highest BCUT2D eigenvalue weighted by Gasteiger charge is 2.04. The molecule has 0 atom stereocenters. The van der Waals surface area contributed by atoms with Crippen molar-refractivity contribution in [3.63, 3.8) is 0 Å². The third-order valence-electron chi connectivity index (χ3n) is 7.80. The van der Waals surface area contributed by atoms with Gasteiger partial charge in [0, 0.05) is 23.3 Å². The molecule has 0 unspecified atom stereocenters. The van der Waals surface area contributed by atoms with E-state index in [1.54, 1.807) is 38.1 Å². The zero-order chi connectivity index (χ0) is 41.0. The molecule has 0 aliphatic carbocycles. The summed E-state index contributed by atoms with van der Waals surface area (Å²) in [6.45, 7) is 14.5. The minimum atomic E-state index is -0.418. The van der Waals surface area contributed by atoms with E-state index in [0.717, 1.165) is 79.6 Å². The van der Waals surface area contributed by atoms with Crippen LogP contribution in [0, 0.1) is 6.92 Å². The topological polar surface area (TPSA) is 124 Å². The summed E-state index contributed by atoms with van der Waals surface area (Å²) < 4.78 is 31.3. The molecule has 0 fully saturated rings. The molecule has 0 saturated heterocycles. The lowest BCUT2D eigenvalue weighted by molar-refractivity contribution is -0.139. The number of aryl methyl sites for hydroxylation is 1. The smallest absolute Gasteiger partial charge is 0.336 e. The average molecular weight is 785 g/mol. The molecule has 0 radical (unpaired) electrons. The Morgan fingerprint density at radius 3 is 1.28 bits per heavy atom. The standard InChI is InChI=1S/C26H30O5.C20H26O5.CH4/c1-20(2)26(28)30-19-7-5-4-6-18-29-23-15-10-22(11-16-23)12-17-25(27)31-24-13-8-21(3)9-14-24;1-16(2)20(22)25-15-7-5-4-6-14-24-18-11-8-17(9-12-18)10-13-19(21)23-3;/h8-17H,1,4-7,18-19H2,2-3H3;8-13H,1,4-7,14-15H2,2-3H3;1H4/b17-12+;13-10+;. The fraction of sp³-hybridized carbons (Fsp3) is 0.362. The Morgan fingerprint density at radius 2 is 0.895 bits per heavy atom. The summed E-state index contributed by atoms with van der Waals surface area (Å²) in [6.07, 6.45) is 13.7. The van der Waals surface area contributed by atoms with Gasteiger partial charge in [0.05, 0.1) is 33.5 Å². The maximum atomic E-state index is 11.9. The lowest BCUT2D eigenvalue weighted by Gasteiger charge is -2.07. The number of unbranched alkanes of at least 4 members (excludes halogenated alkanes) is 6. The van der Waals surface area contributed by atoms with Crippen LogP contribution in [-0.4, -0.2) is 57.4 Å². The van der Waals surface area contributed by atoms with E-state index in [9.17, 15) is 19.2 Å². The highest BCUT2D eigenvalue weighted by atomic mass is 16.5. The number of rotatable bonds is 23.